The molecule has 0 aromatic rings. The Morgan fingerprint density at radius 1 is 0.491 bits per heavy atom. The number of ether oxygens (including phenoxy) is 1. The van der Waals surface area contributed by atoms with E-state index in [0.29, 0.717) is 19.4 Å². The zero-order chi connectivity index (χ0) is 40.1. The normalized spacial score (nSPS) is 12.7. The molecule has 326 valence electrons. The maximum Gasteiger partial charge on any atom is 0.305 e. The summed E-state index contributed by atoms with van der Waals surface area (Å²) in [7, 11) is 0. The van der Waals surface area contributed by atoms with Crippen LogP contribution in [0.15, 0.2) is 12.2 Å². The largest absolute Gasteiger partial charge is 0.466 e. The van der Waals surface area contributed by atoms with E-state index in [1.165, 1.54) is 180 Å². The van der Waals surface area contributed by atoms with Gasteiger partial charge in [0.15, 0.2) is 0 Å². The van der Waals surface area contributed by atoms with Gasteiger partial charge < -0.3 is 20.3 Å². The van der Waals surface area contributed by atoms with Gasteiger partial charge in [0.2, 0.25) is 5.91 Å². The van der Waals surface area contributed by atoms with Gasteiger partial charge in [-0.2, -0.15) is 0 Å². The van der Waals surface area contributed by atoms with Crippen LogP contribution in [0.1, 0.15) is 264 Å². The number of nitrogens with one attached hydrogen (secondary N) is 1. The van der Waals surface area contributed by atoms with E-state index in [1.807, 2.05) is 6.08 Å². The van der Waals surface area contributed by atoms with E-state index in [9.17, 15) is 19.8 Å². The van der Waals surface area contributed by atoms with Crippen LogP contribution < -0.4 is 5.32 Å². The Morgan fingerprint density at radius 2 is 0.836 bits per heavy atom. The minimum absolute atomic E-state index is 0.0274. The van der Waals surface area contributed by atoms with E-state index in [0.717, 1.165) is 57.8 Å². The van der Waals surface area contributed by atoms with Crippen LogP contribution in [-0.2, 0) is 14.3 Å². The number of carbonyl (C=O) groups excluding carboxylic acids is 2. The summed E-state index contributed by atoms with van der Waals surface area (Å²) in [5, 5.41) is 23.0. The summed E-state index contributed by atoms with van der Waals surface area (Å²) in [6, 6.07) is -0.646. The molecular formula is C49H95NO5. The lowest BCUT2D eigenvalue weighted by Crippen LogP contribution is -2.45. The van der Waals surface area contributed by atoms with Gasteiger partial charge in [-0.1, -0.05) is 231 Å². The quantitative estimate of drug-likeness (QED) is 0.0325. The first-order valence-corrected chi connectivity index (χ1v) is 24.5. The SMILES string of the molecule is CCCCCCCCCCCCCCCCCC/C=C/C(O)C(CO)NC(=O)CCCCCCCCCCCOC(=O)CCCCCCCCCCCCC. The first kappa shape index (κ1) is 53.6. The monoisotopic (exact) mass is 778 g/mol. The standard InChI is InChI=1S/C49H95NO5/c1-3-5-7-9-11-13-15-16-17-18-19-20-21-23-25-29-33-37-41-47(52)46(45-51)50-48(53)42-38-34-30-26-24-28-32-36-40-44-55-49(54)43-39-35-31-27-22-14-12-10-8-6-4-2/h37,41,46-47,51-52H,3-36,38-40,42-45H2,1-2H3,(H,50,53)/b41-37+. The molecule has 2 atom stereocenters. The number of hydrogen-bond acceptors (Lipinski definition) is 5. The van der Waals surface area contributed by atoms with E-state index in [4.69, 9.17) is 4.74 Å². The first-order valence-electron chi connectivity index (χ1n) is 24.5. The summed E-state index contributed by atoms with van der Waals surface area (Å²) in [5.41, 5.74) is 0. The van der Waals surface area contributed by atoms with Gasteiger partial charge in [0, 0.05) is 12.8 Å². The molecule has 55 heavy (non-hydrogen) atoms. The third kappa shape index (κ3) is 42.0. The summed E-state index contributed by atoms with van der Waals surface area (Å²) in [6.07, 6.45) is 50.6. The Labute approximate surface area is 342 Å². The number of allylic oxidation sites excluding steroid dienone is 1. The zero-order valence-electron chi connectivity index (χ0n) is 36.9. The Balaban J connectivity index is 3.54. The van der Waals surface area contributed by atoms with Crippen LogP contribution in [0, 0.1) is 0 Å². The number of amides is 1. The molecule has 0 aliphatic rings. The molecule has 0 aromatic carbocycles. The van der Waals surface area contributed by atoms with E-state index in [1.54, 1.807) is 6.08 Å². The van der Waals surface area contributed by atoms with Crippen molar-refractivity contribution in [1.29, 1.82) is 0 Å². The molecule has 0 rings (SSSR count). The molecule has 1 amide bonds. The summed E-state index contributed by atoms with van der Waals surface area (Å²) in [5.74, 6) is -0.121. The number of hydrogen-bond donors (Lipinski definition) is 3. The van der Waals surface area contributed by atoms with Crippen LogP contribution in [0.25, 0.3) is 0 Å². The Bertz CT molecular complexity index is 817. The zero-order valence-corrected chi connectivity index (χ0v) is 36.9. The second-order valence-electron chi connectivity index (χ2n) is 16.8. The minimum Gasteiger partial charge on any atom is -0.466 e. The molecule has 0 fully saturated rings. The van der Waals surface area contributed by atoms with E-state index >= 15 is 0 Å². The van der Waals surface area contributed by atoms with Crippen molar-refractivity contribution in [3.05, 3.63) is 12.2 Å². The second kappa shape index (κ2) is 45.3. The average molecular weight is 778 g/mol. The number of aliphatic hydroxyl groups is 2. The second-order valence-corrected chi connectivity index (χ2v) is 16.8. The van der Waals surface area contributed by atoms with Crippen molar-refractivity contribution in [2.45, 2.75) is 276 Å². The lowest BCUT2D eigenvalue weighted by Gasteiger charge is -2.20. The molecule has 0 aromatic heterocycles. The van der Waals surface area contributed by atoms with Gasteiger partial charge in [0.25, 0.3) is 0 Å². The van der Waals surface area contributed by atoms with Crippen molar-refractivity contribution in [3.63, 3.8) is 0 Å². The molecule has 0 aliphatic carbocycles. The highest BCUT2D eigenvalue weighted by atomic mass is 16.5. The molecular weight excluding hydrogens is 683 g/mol. The van der Waals surface area contributed by atoms with Gasteiger partial charge in [0.1, 0.15) is 0 Å². The smallest absolute Gasteiger partial charge is 0.305 e. The fourth-order valence-electron chi connectivity index (χ4n) is 7.51. The molecule has 0 heterocycles. The van der Waals surface area contributed by atoms with Crippen LogP contribution in [-0.4, -0.2) is 47.4 Å². The summed E-state index contributed by atoms with van der Waals surface area (Å²) in [6.45, 7) is 4.84. The molecule has 3 N–H and O–H groups in total. The lowest BCUT2D eigenvalue weighted by molar-refractivity contribution is -0.143. The first-order chi connectivity index (χ1) is 27.0. The molecule has 0 bridgehead atoms. The minimum atomic E-state index is -0.860. The predicted octanol–water partition coefficient (Wildman–Crippen LogP) is 14.2. The molecule has 6 heteroatoms. The van der Waals surface area contributed by atoms with Crippen LogP contribution in [0.5, 0.6) is 0 Å². The number of aliphatic hydroxyl groups excluding tert-OH is 2. The summed E-state index contributed by atoms with van der Waals surface area (Å²) < 4.78 is 5.43. The van der Waals surface area contributed by atoms with Crippen molar-refractivity contribution in [2.75, 3.05) is 13.2 Å². The Hall–Kier alpha value is -1.40. The molecule has 6 nitrogen and oxygen atoms in total. The Kier molecular flexibility index (Phi) is 44.2. The van der Waals surface area contributed by atoms with Crippen molar-refractivity contribution in [3.8, 4) is 0 Å². The van der Waals surface area contributed by atoms with E-state index in [-0.39, 0.29) is 18.5 Å². The third-order valence-corrected chi connectivity index (χ3v) is 11.3. The van der Waals surface area contributed by atoms with Crippen molar-refractivity contribution in [1.82, 2.24) is 5.32 Å². The number of carbonyl (C=O) groups is 2. The lowest BCUT2D eigenvalue weighted by atomic mass is 10.0. The highest BCUT2D eigenvalue weighted by molar-refractivity contribution is 5.76. The van der Waals surface area contributed by atoms with Gasteiger partial charge in [-0.3, -0.25) is 9.59 Å². The summed E-state index contributed by atoms with van der Waals surface area (Å²) in [4.78, 5) is 24.4. The van der Waals surface area contributed by atoms with Gasteiger partial charge in [0.05, 0.1) is 25.4 Å². The van der Waals surface area contributed by atoms with Crippen molar-refractivity contribution < 1.29 is 24.5 Å². The van der Waals surface area contributed by atoms with Crippen molar-refractivity contribution >= 4 is 11.9 Å². The van der Waals surface area contributed by atoms with Gasteiger partial charge in [-0.15, -0.1) is 0 Å². The fourth-order valence-corrected chi connectivity index (χ4v) is 7.51. The third-order valence-electron chi connectivity index (χ3n) is 11.3. The number of rotatable bonds is 45. The molecule has 2 unspecified atom stereocenters. The topological polar surface area (TPSA) is 95.9 Å². The van der Waals surface area contributed by atoms with Crippen LogP contribution in [0.2, 0.25) is 0 Å². The van der Waals surface area contributed by atoms with Crippen LogP contribution >= 0.6 is 0 Å². The molecule has 0 radical (unpaired) electrons. The van der Waals surface area contributed by atoms with E-state index in [2.05, 4.69) is 19.2 Å². The van der Waals surface area contributed by atoms with Crippen LogP contribution in [0.3, 0.4) is 0 Å². The van der Waals surface area contributed by atoms with Crippen LogP contribution in [0.4, 0.5) is 0 Å². The highest BCUT2D eigenvalue weighted by Crippen LogP contribution is 2.16. The molecule has 0 saturated carbocycles. The van der Waals surface area contributed by atoms with Gasteiger partial charge in [-0.05, 0) is 32.1 Å². The number of esters is 1. The maximum absolute atomic E-state index is 12.4. The van der Waals surface area contributed by atoms with E-state index < -0.39 is 12.1 Å². The maximum atomic E-state index is 12.4. The average Bonchev–Trinajstić information content (AvgIpc) is 3.18. The number of unbranched alkanes of at least 4 members (excludes halogenated alkanes) is 34. The molecule has 0 saturated heterocycles. The molecule has 0 spiro atoms. The molecule has 0 aliphatic heterocycles. The predicted molar refractivity (Wildman–Crippen MR) is 237 cm³/mol. The van der Waals surface area contributed by atoms with Crippen molar-refractivity contribution in [2.24, 2.45) is 0 Å². The van der Waals surface area contributed by atoms with Gasteiger partial charge >= 0.3 is 5.97 Å². The highest BCUT2D eigenvalue weighted by Gasteiger charge is 2.18. The summed E-state index contributed by atoms with van der Waals surface area (Å²) >= 11 is 0. The van der Waals surface area contributed by atoms with Gasteiger partial charge in [-0.25, -0.2) is 0 Å². The Morgan fingerprint density at radius 3 is 1.24 bits per heavy atom. The fraction of sp³-hybridized carbons (Fsp3) is 0.918.